The number of hydrogen-bond acceptors (Lipinski definition) is 3. The van der Waals surface area contributed by atoms with Crippen molar-refractivity contribution in [3.63, 3.8) is 0 Å². The van der Waals surface area contributed by atoms with E-state index < -0.39 is 5.60 Å². The van der Waals surface area contributed by atoms with Gasteiger partial charge in [0.25, 0.3) is 0 Å². The number of rotatable bonds is 2. The van der Waals surface area contributed by atoms with Gasteiger partial charge in [0.1, 0.15) is 0 Å². The number of urea groups is 1. The Bertz CT molecular complexity index is 434. The summed E-state index contributed by atoms with van der Waals surface area (Å²) in [5.41, 5.74) is 0.317. The maximum atomic E-state index is 12.2. The zero-order valence-corrected chi connectivity index (χ0v) is 11.3. The summed E-state index contributed by atoms with van der Waals surface area (Å²) in [7, 11) is 0. The van der Waals surface area contributed by atoms with Gasteiger partial charge in [0, 0.05) is 5.69 Å². The van der Waals surface area contributed by atoms with Crippen LogP contribution in [-0.4, -0.2) is 47.4 Å². The predicted molar refractivity (Wildman–Crippen MR) is 73.1 cm³/mol. The highest BCUT2D eigenvalue weighted by Gasteiger charge is 2.35. The number of nitrogens with one attached hydrogen (secondary N) is 1. The molecule has 0 spiro atoms. The molecule has 2 N–H and O–H groups in total. The van der Waals surface area contributed by atoms with Gasteiger partial charge in [-0.05, 0) is 26.0 Å². The third-order valence-corrected chi connectivity index (χ3v) is 3.00. The van der Waals surface area contributed by atoms with E-state index in [0.29, 0.717) is 13.1 Å². The number of carbonyl (C=O) groups excluding carboxylic acids is 1. The minimum atomic E-state index is -0.445. The van der Waals surface area contributed by atoms with Crippen molar-refractivity contribution in [2.75, 3.05) is 25.0 Å². The first kappa shape index (κ1) is 13.8. The Morgan fingerprint density at radius 1 is 1.47 bits per heavy atom. The van der Waals surface area contributed by atoms with Crippen LogP contribution in [0.4, 0.5) is 10.5 Å². The molecule has 1 heterocycles. The van der Waals surface area contributed by atoms with Crippen LogP contribution in [0.2, 0.25) is 0 Å². The van der Waals surface area contributed by atoms with Gasteiger partial charge >= 0.3 is 6.03 Å². The fraction of sp³-hybridized carbons (Fsp3) is 0.500. The first-order valence-corrected chi connectivity index (χ1v) is 6.40. The monoisotopic (exact) mass is 264 g/mol. The van der Waals surface area contributed by atoms with Crippen LogP contribution in [-0.2, 0) is 4.74 Å². The van der Waals surface area contributed by atoms with Crippen LogP contribution in [0.25, 0.3) is 0 Å². The number of para-hydroxylation sites is 1. The molecule has 1 atom stereocenters. The number of amides is 2. The second kappa shape index (κ2) is 5.59. The summed E-state index contributed by atoms with van der Waals surface area (Å²) in [6.07, 6.45) is -0.328. The highest BCUT2D eigenvalue weighted by molar-refractivity contribution is 5.89. The molecule has 0 aliphatic carbocycles. The third-order valence-electron chi connectivity index (χ3n) is 3.00. The van der Waals surface area contributed by atoms with E-state index in [9.17, 15) is 9.90 Å². The molecule has 5 nitrogen and oxygen atoms in total. The minimum Gasteiger partial charge on any atom is -0.394 e. The van der Waals surface area contributed by atoms with E-state index in [4.69, 9.17) is 4.74 Å². The number of benzene rings is 1. The fourth-order valence-corrected chi connectivity index (χ4v) is 2.27. The van der Waals surface area contributed by atoms with E-state index in [1.165, 1.54) is 0 Å². The van der Waals surface area contributed by atoms with Crippen LogP contribution in [0, 0.1) is 0 Å². The second-order valence-corrected chi connectivity index (χ2v) is 5.36. The van der Waals surface area contributed by atoms with Crippen LogP contribution < -0.4 is 5.32 Å². The minimum absolute atomic E-state index is 0.0848. The van der Waals surface area contributed by atoms with E-state index in [-0.39, 0.29) is 18.7 Å². The Hall–Kier alpha value is -1.59. The van der Waals surface area contributed by atoms with Crippen molar-refractivity contribution < 1.29 is 14.6 Å². The molecule has 0 aromatic heterocycles. The lowest BCUT2D eigenvalue weighted by molar-refractivity contribution is -0.137. The van der Waals surface area contributed by atoms with Crippen LogP contribution in [0.3, 0.4) is 0 Å². The van der Waals surface area contributed by atoms with Crippen molar-refractivity contribution in [1.29, 1.82) is 0 Å². The van der Waals surface area contributed by atoms with E-state index in [1.807, 2.05) is 44.2 Å². The van der Waals surface area contributed by atoms with Gasteiger partial charge < -0.3 is 20.1 Å². The predicted octanol–water partition coefficient (Wildman–Crippen LogP) is 1.69. The normalized spacial score (nSPS) is 22.1. The SMILES string of the molecule is CC1(C)CN(C(=O)Nc2ccccc2)CC(CO)O1. The molecule has 1 aromatic carbocycles. The highest BCUT2D eigenvalue weighted by atomic mass is 16.5. The first-order chi connectivity index (χ1) is 9.00. The summed E-state index contributed by atoms with van der Waals surface area (Å²) in [4.78, 5) is 13.9. The smallest absolute Gasteiger partial charge is 0.322 e. The summed E-state index contributed by atoms with van der Waals surface area (Å²) < 4.78 is 5.68. The number of aliphatic hydroxyl groups excluding tert-OH is 1. The van der Waals surface area contributed by atoms with Gasteiger partial charge in [-0.1, -0.05) is 18.2 Å². The standard InChI is InChI=1S/C14H20N2O3/c1-14(2)10-16(8-12(9-17)19-14)13(18)15-11-6-4-3-5-7-11/h3-7,12,17H,8-10H2,1-2H3,(H,15,18). The molecule has 5 heteroatoms. The van der Waals surface area contributed by atoms with Crippen LogP contribution in [0.5, 0.6) is 0 Å². The molecule has 2 rings (SSSR count). The van der Waals surface area contributed by atoms with Crippen molar-refractivity contribution in [2.24, 2.45) is 0 Å². The lowest BCUT2D eigenvalue weighted by atomic mass is 10.1. The number of ether oxygens (including phenoxy) is 1. The third kappa shape index (κ3) is 3.68. The number of nitrogens with zero attached hydrogens (tertiary/aromatic N) is 1. The van der Waals surface area contributed by atoms with Crippen molar-refractivity contribution in [1.82, 2.24) is 4.90 Å². The molecule has 1 aliphatic rings. The van der Waals surface area contributed by atoms with Gasteiger partial charge in [0.2, 0.25) is 0 Å². The lowest BCUT2D eigenvalue weighted by Crippen LogP contribution is -2.56. The topological polar surface area (TPSA) is 61.8 Å². The Kier molecular flexibility index (Phi) is 4.07. The van der Waals surface area contributed by atoms with E-state index in [2.05, 4.69) is 5.32 Å². The van der Waals surface area contributed by atoms with Crippen LogP contribution in [0.1, 0.15) is 13.8 Å². The number of carbonyl (C=O) groups is 1. The highest BCUT2D eigenvalue weighted by Crippen LogP contribution is 2.21. The Morgan fingerprint density at radius 3 is 2.79 bits per heavy atom. The molecular weight excluding hydrogens is 244 g/mol. The second-order valence-electron chi connectivity index (χ2n) is 5.36. The molecule has 2 amide bonds. The first-order valence-electron chi connectivity index (χ1n) is 6.40. The van der Waals surface area contributed by atoms with Crippen molar-refractivity contribution in [3.05, 3.63) is 30.3 Å². The average Bonchev–Trinajstić information content (AvgIpc) is 2.38. The van der Waals surface area contributed by atoms with E-state index in [0.717, 1.165) is 5.69 Å². The van der Waals surface area contributed by atoms with E-state index >= 15 is 0 Å². The Balaban J connectivity index is 2.02. The molecule has 1 saturated heterocycles. The summed E-state index contributed by atoms with van der Waals surface area (Å²) in [5.74, 6) is 0. The van der Waals surface area contributed by atoms with Crippen LogP contribution >= 0.6 is 0 Å². The largest absolute Gasteiger partial charge is 0.394 e. The van der Waals surface area contributed by atoms with Gasteiger partial charge in [-0.2, -0.15) is 0 Å². The Labute approximate surface area is 113 Å². The number of anilines is 1. The zero-order chi connectivity index (χ0) is 13.9. The average molecular weight is 264 g/mol. The van der Waals surface area contributed by atoms with Gasteiger partial charge in [0.15, 0.2) is 0 Å². The van der Waals surface area contributed by atoms with Gasteiger partial charge in [-0.25, -0.2) is 4.79 Å². The van der Waals surface area contributed by atoms with Gasteiger partial charge in [-0.3, -0.25) is 0 Å². The maximum Gasteiger partial charge on any atom is 0.322 e. The molecular formula is C14H20N2O3. The molecule has 1 aromatic rings. The molecule has 0 bridgehead atoms. The summed E-state index contributed by atoms with van der Waals surface area (Å²) in [6.45, 7) is 4.65. The van der Waals surface area contributed by atoms with Crippen molar-refractivity contribution in [2.45, 2.75) is 25.6 Å². The number of aliphatic hydroxyl groups is 1. The Morgan fingerprint density at radius 2 is 2.16 bits per heavy atom. The molecule has 0 radical (unpaired) electrons. The molecule has 1 unspecified atom stereocenters. The molecule has 19 heavy (non-hydrogen) atoms. The maximum absolute atomic E-state index is 12.2. The summed E-state index contributed by atoms with van der Waals surface area (Å²) in [5, 5.41) is 12.1. The molecule has 1 aliphatic heterocycles. The molecule has 1 fully saturated rings. The van der Waals surface area contributed by atoms with Crippen molar-refractivity contribution >= 4 is 11.7 Å². The number of hydrogen-bond donors (Lipinski definition) is 2. The molecule has 104 valence electrons. The van der Waals surface area contributed by atoms with E-state index in [1.54, 1.807) is 4.90 Å². The zero-order valence-electron chi connectivity index (χ0n) is 11.3. The summed E-state index contributed by atoms with van der Waals surface area (Å²) in [6, 6.07) is 9.15. The summed E-state index contributed by atoms with van der Waals surface area (Å²) >= 11 is 0. The quantitative estimate of drug-likeness (QED) is 0.854. The van der Waals surface area contributed by atoms with Gasteiger partial charge in [0.05, 0.1) is 31.4 Å². The van der Waals surface area contributed by atoms with Crippen molar-refractivity contribution in [3.8, 4) is 0 Å². The molecule has 0 saturated carbocycles. The van der Waals surface area contributed by atoms with Gasteiger partial charge in [-0.15, -0.1) is 0 Å². The lowest BCUT2D eigenvalue weighted by Gasteiger charge is -2.42. The van der Waals surface area contributed by atoms with Crippen LogP contribution in [0.15, 0.2) is 30.3 Å². The number of morpholine rings is 1. The fourth-order valence-electron chi connectivity index (χ4n) is 2.27.